The summed E-state index contributed by atoms with van der Waals surface area (Å²) in [6.45, 7) is 1.97. The highest BCUT2D eigenvalue weighted by Gasteiger charge is 2.08. The van der Waals surface area contributed by atoms with Gasteiger partial charge in [0.05, 0.1) is 13.2 Å². The fraction of sp³-hybridized carbons (Fsp3) is 0.714. The molecule has 0 atom stereocenters. The number of carbonyl (C=O) groups is 2. The highest BCUT2D eigenvalue weighted by atomic mass is 16.5. The lowest BCUT2D eigenvalue weighted by Crippen LogP contribution is -2.28. The van der Waals surface area contributed by atoms with Crippen molar-refractivity contribution in [3.63, 3.8) is 0 Å². The normalized spacial score (nSPS) is 9.17. The third-order valence-corrected chi connectivity index (χ3v) is 1.04. The van der Waals surface area contributed by atoms with Gasteiger partial charge < -0.3 is 15.2 Å². The van der Waals surface area contributed by atoms with Crippen LogP contribution < -0.4 is 5.32 Å². The zero-order valence-corrected chi connectivity index (χ0v) is 7.00. The molecular weight excluding hydrogens is 162 g/mol. The zero-order chi connectivity index (χ0) is 9.40. The molecular formula is C7H13NO4. The average Bonchev–Trinajstić information content (AvgIpc) is 2.01. The third-order valence-electron chi connectivity index (χ3n) is 1.04. The van der Waals surface area contributed by atoms with E-state index in [0.717, 1.165) is 0 Å². The second-order valence-electron chi connectivity index (χ2n) is 2.06. The van der Waals surface area contributed by atoms with Crippen LogP contribution >= 0.6 is 0 Å². The summed E-state index contributed by atoms with van der Waals surface area (Å²) in [5.41, 5.74) is 0. The summed E-state index contributed by atoms with van der Waals surface area (Å²) in [5, 5.41) is 10.7. The van der Waals surface area contributed by atoms with Gasteiger partial charge in [0.15, 0.2) is 0 Å². The van der Waals surface area contributed by atoms with Crippen LogP contribution in [0.1, 0.15) is 13.3 Å². The van der Waals surface area contributed by atoms with E-state index in [9.17, 15) is 9.59 Å². The van der Waals surface area contributed by atoms with Crippen LogP contribution in [0.5, 0.6) is 0 Å². The lowest BCUT2D eigenvalue weighted by Gasteiger charge is -2.02. The van der Waals surface area contributed by atoms with Crippen LogP contribution in [0.2, 0.25) is 0 Å². The molecule has 0 aromatic rings. The van der Waals surface area contributed by atoms with Gasteiger partial charge in [0, 0.05) is 6.54 Å². The molecule has 0 aliphatic rings. The smallest absolute Gasteiger partial charge is 0.315 e. The summed E-state index contributed by atoms with van der Waals surface area (Å²) >= 11 is 0. The predicted molar refractivity (Wildman–Crippen MR) is 41.3 cm³/mol. The summed E-state index contributed by atoms with van der Waals surface area (Å²) in [4.78, 5) is 21.4. The van der Waals surface area contributed by atoms with Gasteiger partial charge in [-0.3, -0.25) is 9.59 Å². The number of hydrogen-bond donors (Lipinski definition) is 2. The molecule has 70 valence electrons. The van der Waals surface area contributed by atoms with Gasteiger partial charge >= 0.3 is 5.97 Å². The van der Waals surface area contributed by atoms with Gasteiger partial charge in [0.1, 0.15) is 6.42 Å². The maximum atomic E-state index is 10.8. The molecule has 5 nitrogen and oxygen atoms in total. The Morgan fingerprint density at radius 2 is 2.17 bits per heavy atom. The van der Waals surface area contributed by atoms with Crippen molar-refractivity contribution in [2.75, 3.05) is 19.8 Å². The first-order chi connectivity index (χ1) is 5.70. The topological polar surface area (TPSA) is 75.6 Å². The van der Waals surface area contributed by atoms with E-state index in [2.05, 4.69) is 10.1 Å². The van der Waals surface area contributed by atoms with E-state index in [4.69, 9.17) is 5.11 Å². The van der Waals surface area contributed by atoms with E-state index in [1.807, 2.05) is 0 Å². The first-order valence-electron chi connectivity index (χ1n) is 3.74. The van der Waals surface area contributed by atoms with Crippen LogP contribution in [0, 0.1) is 0 Å². The predicted octanol–water partition coefficient (Wildman–Crippen LogP) is -0.952. The minimum Gasteiger partial charge on any atom is -0.466 e. The van der Waals surface area contributed by atoms with Crippen molar-refractivity contribution in [1.29, 1.82) is 0 Å². The number of amides is 1. The Morgan fingerprint density at radius 3 is 2.67 bits per heavy atom. The van der Waals surface area contributed by atoms with Crippen LogP contribution in [0.15, 0.2) is 0 Å². The Balaban J connectivity index is 3.47. The highest BCUT2D eigenvalue weighted by Crippen LogP contribution is 1.85. The molecule has 0 aliphatic heterocycles. The molecule has 0 fully saturated rings. The number of ether oxygens (including phenoxy) is 1. The fourth-order valence-corrected chi connectivity index (χ4v) is 0.601. The van der Waals surface area contributed by atoms with E-state index in [1.165, 1.54) is 0 Å². The number of carbonyl (C=O) groups excluding carboxylic acids is 2. The van der Waals surface area contributed by atoms with Crippen molar-refractivity contribution in [1.82, 2.24) is 5.32 Å². The molecule has 0 radical (unpaired) electrons. The van der Waals surface area contributed by atoms with Crippen LogP contribution in [0.3, 0.4) is 0 Å². The lowest BCUT2D eigenvalue weighted by molar-refractivity contribution is -0.145. The monoisotopic (exact) mass is 175 g/mol. The first-order valence-corrected chi connectivity index (χ1v) is 3.74. The molecule has 0 saturated heterocycles. The number of esters is 1. The Kier molecular flexibility index (Phi) is 6.00. The molecule has 0 spiro atoms. The average molecular weight is 175 g/mol. The van der Waals surface area contributed by atoms with Gasteiger partial charge in [0.25, 0.3) is 0 Å². The SMILES string of the molecule is CCOC(=O)CC(=O)NCCO. The molecule has 0 unspecified atom stereocenters. The molecule has 0 aromatic heterocycles. The fourth-order valence-electron chi connectivity index (χ4n) is 0.601. The molecule has 1 amide bonds. The van der Waals surface area contributed by atoms with Crippen molar-refractivity contribution < 1.29 is 19.4 Å². The second kappa shape index (κ2) is 6.60. The summed E-state index contributed by atoms with van der Waals surface area (Å²) in [6, 6.07) is 0. The molecule has 0 aliphatic carbocycles. The summed E-state index contributed by atoms with van der Waals surface area (Å²) in [6.07, 6.45) is -0.284. The van der Waals surface area contributed by atoms with Crippen LogP contribution in [0.25, 0.3) is 0 Å². The molecule has 2 N–H and O–H groups in total. The maximum absolute atomic E-state index is 10.8. The lowest BCUT2D eigenvalue weighted by atomic mass is 10.4. The van der Waals surface area contributed by atoms with Crippen molar-refractivity contribution in [3.8, 4) is 0 Å². The number of nitrogens with one attached hydrogen (secondary N) is 1. The number of aliphatic hydroxyl groups is 1. The van der Waals surface area contributed by atoms with Crippen molar-refractivity contribution in [3.05, 3.63) is 0 Å². The quantitative estimate of drug-likeness (QED) is 0.417. The molecule has 0 heterocycles. The molecule has 0 bridgehead atoms. The number of hydrogen-bond acceptors (Lipinski definition) is 4. The van der Waals surface area contributed by atoms with E-state index >= 15 is 0 Å². The Labute approximate surface area is 70.7 Å². The van der Waals surface area contributed by atoms with Crippen molar-refractivity contribution in [2.24, 2.45) is 0 Å². The number of rotatable bonds is 5. The van der Waals surface area contributed by atoms with E-state index in [1.54, 1.807) is 6.92 Å². The largest absolute Gasteiger partial charge is 0.466 e. The van der Waals surface area contributed by atoms with Gasteiger partial charge in [-0.15, -0.1) is 0 Å². The van der Waals surface area contributed by atoms with Gasteiger partial charge in [-0.1, -0.05) is 0 Å². The highest BCUT2D eigenvalue weighted by molar-refractivity contribution is 5.94. The molecule has 12 heavy (non-hydrogen) atoms. The summed E-state index contributed by atoms with van der Waals surface area (Å²) < 4.78 is 4.53. The van der Waals surface area contributed by atoms with E-state index in [0.29, 0.717) is 0 Å². The minimum absolute atomic E-state index is 0.130. The maximum Gasteiger partial charge on any atom is 0.315 e. The van der Waals surface area contributed by atoms with E-state index < -0.39 is 11.9 Å². The molecule has 0 rings (SSSR count). The molecule has 0 saturated carbocycles. The zero-order valence-electron chi connectivity index (χ0n) is 7.00. The number of aliphatic hydroxyl groups excluding tert-OH is 1. The molecule has 0 aromatic carbocycles. The van der Waals surface area contributed by atoms with Gasteiger partial charge in [-0.2, -0.15) is 0 Å². The first kappa shape index (κ1) is 10.9. The Hall–Kier alpha value is -1.10. The van der Waals surface area contributed by atoms with Crippen LogP contribution in [-0.2, 0) is 14.3 Å². The Bertz CT molecular complexity index is 157. The van der Waals surface area contributed by atoms with Gasteiger partial charge in [-0.05, 0) is 6.92 Å². The van der Waals surface area contributed by atoms with E-state index in [-0.39, 0.29) is 26.2 Å². The Morgan fingerprint density at radius 1 is 1.50 bits per heavy atom. The third kappa shape index (κ3) is 5.67. The van der Waals surface area contributed by atoms with Gasteiger partial charge in [0.2, 0.25) is 5.91 Å². The van der Waals surface area contributed by atoms with Crippen molar-refractivity contribution >= 4 is 11.9 Å². The summed E-state index contributed by atoms with van der Waals surface area (Å²) in [7, 11) is 0. The second-order valence-corrected chi connectivity index (χ2v) is 2.06. The van der Waals surface area contributed by atoms with Crippen LogP contribution in [-0.4, -0.2) is 36.7 Å². The van der Waals surface area contributed by atoms with Gasteiger partial charge in [-0.25, -0.2) is 0 Å². The van der Waals surface area contributed by atoms with Crippen LogP contribution in [0.4, 0.5) is 0 Å². The summed E-state index contributed by atoms with van der Waals surface area (Å²) in [5.74, 6) is -0.976. The molecule has 5 heteroatoms. The van der Waals surface area contributed by atoms with Crippen molar-refractivity contribution in [2.45, 2.75) is 13.3 Å². The minimum atomic E-state index is -0.548. The standard InChI is InChI=1S/C7H13NO4/c1-2-12-7(11)5-6(10)8-3-4-9/h9H,2-5H2,1H3,(H,8,10).